The number of carbonyl (C=O) groups is 1. The minimum Gasteiger partial charge on any atom is -0.512 e. The van der Waals surface area contributed by atoms with Crippen LogP contribution in [0.2, 0.25) is 0 Å². The summed E-state index contributed by atoms with van der Waals surface area (Å²) in [6.07, 6.45) is 10.5. The molecule has 4 heteroatoms. The van der Waals surface area contributed by atoms with E-state index >= 15 is 0 Å². The van der Waals surface area contributed by atoms with Gasteiger partial charge < -0.3 is 10.1 Å². The zero-order valence-corrected chi connectivity index (χ0v) is 29.0. The number of aliphatic hydroxyl groups excluding tert-OH is 1. The number of pyridine rings is 1. The molecule has 1 aliphatic carbocycles. The molecule has 4 rings (SSSR count). The predicted molar refractivity (Wildman–Crippen MR) is 170 cm³/mol. The van der Waals surface area contributed by atoms with Crippen molar-refractivity contribution in [2.45, 2.75) is 107 Å². The van der Waals surface area contributed by atoms with Crippen LogP contribution in [0.25, 0.3) is 22.0 Å². The molecule has 3 nitrogen and oxygen atoms in total. The summed E-state index contributed by atoms with van der Waals surface area (Å²) in [5.41, 5.74) is 5.36. The van der Waals surface area contributed by atoms with E-state index in [0.717, 1.165) is 30.0 Å². The number of carbonyl (C=O) groups excluding carboxylic acids is 1. The van der Waals surface area contributed by atoms with Crippen molar-refractivity contribution < 1.29 is 30.0 Å². The summed E-state index contributed by atoms with van der Waals surface area (Å²) in [6, 6.07) is 16.9. The van der Waals surface area contributed by atoms with Gasteiger partial charge in [0.2, 0.25) is 0 Å². The van der Waals surface area contributed by atoms with Crippen LogP contribution in [0.5, 0.6) is 0 Å². The zero-order valence-electron chi connectivity index (χ0n) is 26.7. The number of fused-ring (bicyclic) bond motifs is 1. The molecule has 0 bridgehead atoms. The smallest absolute Gasteiger partial charge is 0.164 e. The summed E-state index contributed by atoms with van der Waals surface area (Å²) in [5.74, 6) is 1.70. The van der Waals surface area contributed by atoms with Crippen LogP contribution >= 0.6 is 0 Å². The summed E-state index contributed by atoms with van der Waals surface area (Å²) in [5, 5.41) is 12.4. The van der Waals surface area contributed by atoms with Crippen LogP contribution in [-0.2, 0) is 24.9 Å². The van der Waals surface area contributed by atoms with E-state index in [9.17, 15) is 9.90 Å². The molecule has 1 unspecified atom stereocenters. The second-order valence-electron chi connectivity index (χ2n) is 13.1. The Morgan fingerprint density at radius 3 is 2.24 bits per heavy atom. The Hall–Kier alpha value is -2.29. The second kappa shape index (κ2) is 14.7. The average Bonchev–Trinajstić information content (AvgIpc) is 3.47. The van der Waals surface area contributed by atoms with E-state index in [4.69, 9.17) is 0 Å². The van der Waals surface area contributed by atoms with Crippen LogP contribution in [0.15, 0.2) is 54.4 Å². The fourth-order valence-electron chi connectivity index (χ4n) is 5.32. The molecule has 3 aromatic rings. The maximum atomic E-state index is 11.8. The molecule has 1 aromatic heterocycles. The topological polar surface area (TPSA) is 50.2 Å². The molecule has 41 heavy (non-hydrogen) atoms. The van der Waals surface area contributed by atoms with Crippen molar-refractivity contribution in [2.24, 2.45) is 16.7 Å². The summed E-state index contributed by atoms with van der Waals surface area (Å²) in [6.45, 7) is 18.3. The Kier molecular flexibility index (Phi) is 12.6. The van der Waals surface area contributed by atoms with Gasteiger partial charge in [0, 0.05) is 43.2 Å². The summed E-state index contributed by atoms with van der Waals surface area (Å²) in [7, 11) is 0. The van der Waals surface area contributed by atoms with Crippen molar-refractivity contribution in [3.8, 4) is 11.3 Å². The first-order valence-corrected chi connectivity index (χ1v) is 15.1. The number of hydrogen-bond donors (Lipinski definition) is 1. The largest absolute Gasteiger partial charge is 0.512 e. The quantitative estimate of drug-likeness (QED) is 0.143. The van der Waals surface area contributed by atoms with Crippen molar-refractivity contribution in [3.63, 3.8) is 0 Å². The number of hydrogen-bond acceptors (Lipinski definition) is 3. The molecule has 225 valence electrons. The number of aromatic nitrogens is 1. The first kappa shape index (κ1) is 34.9. The van der Waals surface area contributed by atoms with Gasteiger partial charge in [-0.15, -0.1) is 34.9 Å². The van der Waals surface area contributed by atoms with E-state index in [1.807, 2.05) is 47.7 Å². The standard InChI is InChI=1S/C24H26N.C13H24O2.Ir/c1-16-12-17(2)14-22(13-16)24-23-9-8-20(15-21(23)10-11-25-24)18(3)19-6-4-5-7-19;1-7-12(3,4)10(14)9-11(15)13(5,6)8-2;/h8-13,15,18-19H,4-7H2,1-3H3;9,14H,7-8H2,1-6H3;/q-1;;/b;10-9-;. The third kappa shape index (κ3) is 8.85. The maximum absolute atomic E-state index is 11.8. The number of aryl methyl sites for hydroxylation is 2. The number of benzene rings is 2. The van der Waals surface area contributed by atoms with E-state index in [1.54, 1.807) is 0 Å². The molecule has 0 spiro atoms. The molecule has 1 radical (unpaired) electrons. The van der Waals surface area contributed by atoms with Crippen molar-refractivity contribution in [1.82, 2.24) is 4.98 Å². The second-order valence-corrected chi connectivity index (χ2v) is 13.1. The molecule has 1 saturated carbocycles. The summed E-state index contributed by atoms with van der Waals surface area (Å²) in [4.78, 5) is 16.5. The first-order valence-electron chi connectivity index (χ1n) is 15.1. The van der Waals surface area contributed by atoms with Crippen LogP contribution in [0.3, 0.4) is 0 Å². The van der Waals surface area contributed by atoms with Gasteiger partial charge in [0.15, 0.2) is 5.78 Å². The first-order chi connectivity index (χ1) is 18.8. The monoisotopic (exact) mass is 733 g/mol. The van der Waals surface area contributed by atoms with Gasteiger partial charge in [0.25, 0.3) is 0 Å². The van der Waals surface area contributed by atoms with Gasteiger partial charge >= 0.3 is 0 Å². The van der Waals surface area contributed by atoms with Gasteiger partial charge in [0.05, 0.1) is 0 Å². The number of ketones is 1. The molecule has 0 aliphatic heterocycles. The Balaban J connectivity index is 0.000000320. The minimum absolute atomic E-state index is 0. The fraction of sp³-hybridized carbons (Fsp3) is 0.514. The fourth-order valence-corrected chi connectivity index (χ4v) is 5.32. The molecule has 1 heterocycles. The number of allylic oxidation sites excluding steroid dienone is 2. The van der Waals surface area contributed by atoms with Gasteiger partial charge in [-0.25, -0.2) is 0 Å². The van der Waals surface area contributed by atoms with Gasteiger partial charge in [-0.2, -0.15) is 0 Å². The van der Waals surface area contributed by atoms with E-state index in [0.29, 0.717) is 5.92 Å². The maximum Gasteiger partial charge on any atom is 0.164 e. The van der Waals surface area contributed by atoms with Gasteiger partial charge in [0.1, 0.15) is 5.76 Å². The van der Waals surface area contributed by atoms with Crippen LogP contribution < -0.4 is 0 Å². The van der Waals surface area contributed by atoms with E-state index in [2.05, 4.69) is 68.2 Å². The van der Waals surface area contributed by atoms with Crippen LogP contribution in [0.1, 0.15) is 110 Å². The average molecular weight is 733 g/mol. The molecule has 1 N–H and O–H groups in total. The SMILES string of the molecule is CCC(C)(C)C(=O)/C=C(\O)C(C)(C)CC.Cc1[c-]c(-c2nccc3cc(C(C)C4CCCC4)ccc23)cc(C)c1.[Ir]. The van der Waals surface area contributed by atoms with Gasteiger partial charge in [-0.1, -0.05) is 93.4 Å². The normalized spacial score (nSPS) is 15.2. The van der Waals surface area contributed by atoms with E-state index in [1.165, 1.54) is 59.2 Å². The van der Waals surface area contributed by atoms with Crippen LogP contribution in [0.4, 0.5) is 0 Å². The van der Waals surface area contributed by atoms with Gasteiger partial charge in [-0.3, -0.25) is 4.79 Å². The van der Waals surface area contributed by atoms with Crippen LogP contribution in [0, 0.1) is 36.7 Å². The third-order valence-electron chi connectivity index (χ3n) is 9.22. The number of nitrogens with zero attached hydrogens (tertiary/aromatic N) is 1. The van der Waals surface area contributed by atoms with Crippen LogP contribution in [-0.4, -0.2) is 15.9 Å². The zero-order chi connectivity index (χ0) is 29.7. The molecule has 1 aliphatic rings. The van der Waals surface area contributed by atoms with Crippen molar-refractivity contribution >= 4 is 16.6 Å². The molecule has 2 aromatic carbocycles. The predicted octanol–water partition coefficient (Wildman–Crippen LogP) is 10.5. The number of aliphatic hydroxyl groups is 1. The van der Waals surface area contributed by atoms with E-state index in [-0.39, 0.29) is 42.5 Å². The Bertz CT molecular complexity index is 1330. The van der Waals surface area contributed by atoms with Crippen molar-refractivity contribution in [2.75, 3.05) is 0 Å². The molecule has 1 atom stereocenters. The van der Waals surface area contributed by atoms with Crippen molar-refractivity contribution in [3.05, 3.63) is 77.2 Å². The molecular formula is C37H50IrNO2-. The van der Waals surface area contributed by atoms with E-state index < -0.39 is 0 Å². The molecule has 1 fully saturated rings. The molecule has 0 amide bonds. The van der Waals surface area contributed by atoms with Crippen molar-refractivity contribution in [1.29, 1.82) is 0 Å². The third-order valence-corrected chi connectivity index (χ3v) is 9.22. The summed E-state index contributed by atoms with van der Waals surface area (Å²) < 4.78 is 0. The Labute approximate surface area is 262 Å². The summed E-state index contributed by atoms with van der Waals surface area (Å²) >= 11 is 0. The Morgan fingerprint density at radius 2 is 1.66 bits per heavy atom. The Morgan fingerprint density at radius 1 is 1.02 bits per heavy atom. The number of rotatable bonds is 8. The molecular weight excluding hydrogens is 683 g/mol. The molecule has 0 saturated heterocycles. The minimum atomic E-state index is -0.377. The van der Waals surface area contributed by atoms with Gasteiger partial charge in [-0.05, 0) is 65.6 Å².